The van der Waals surface area contributed by atoms with Crippen LogP contribution in [0.1, 0.15) is 23.6 Å². The molecule has 0 aliphatic rings. The number of hydrogen-bond acceptors (Lipinski definition) is 1. The molecule has 0 aromatic heterocycles. The molecule has 0 aliphatic carbocycles. The van der Waals surface area contributed by atoms with Gasteiger partial charge in [0.05, 0.1) is 5.56 Å². The molecule has 16 heavy (non-hydrogen) atoms. The maximum absolute atomic E-state index is 12.8. The monoisotopic (exact) mass is 243 g/mol. The van der Waals surface area contributed by atoms with Crippen LogP contribution in [0.2, 0.25) is 0 Å². The fourth-order valence-electron chi connectivity index (χ4n) is 1.11. The van der Waals surface area contributed by atoms with Gasteiger partial charge in [-0.15, -0.1) is 0 Å². The summed E-state index contributed by atoms with van der Waals surface area (Å²) >= 11 is 0. The second-order valence-corrected chi connectivity index (χ2v) is 3.10. The van der Waals surface area contributed by atoms with E-state index in [1.54, 1.807) is 0 Å². The van der Waals surface area contributed by atoms with Gasteiger partial charge in [0.15, 0.2) is 0 Å². The molecule has 1 atom stereocenters. The topological polar surface area (TPSA) is 26.0 Å². The van der Waals surface area contributed by atoms with Crippen molar-refractivity contribution in [3.63, 3.8) is 0 Å². The van der Waals surface area contributed by atoms with E-state index < -0.39 is 35.6 Å². The maximum Gasteiger partial charge on any atom is 0.407 e. The molecule has 2 N–H and O–H groups in total. The Labute approximate surface area is 86.9 Å². The van der Waals surface area contributed by atoms with Gasteiger partial charge >= 0.3 is 6.18 Å². The van der Waals surface area contributed by atoms with Crippen molar-refractivity contribution >= 4 is 0 Å². The minimum absolute atomic E-state index is 0.429. The lowest BCUT2D eigenvalue weighted by atomic mass is 10.0. The summed E-state index contributed by atoms with van der Waals surface area (Å²) in [4.78, 5) is 0. The average molecular weight is 243 g/mol. The normalized spacial score (nSPS) is 14.2. The molecular formula is C9H7F6N. The molecule has 1 aromatic rings. The third kappa shape index (κ3) is 2.66. The fraction of sp³-hybridized carbons (Fsp3) is 0.333. The molecule has 0 fully saturated rings. The predicted molar refractivity (Wildman–Crippen MR) is 44.3 cm³/mol. The van der Waals surface area contributed by atoms with Crippen molar-refractivity contribution in [2.24, 2.45) is 5.73 Å². The van der Waals surface area contributed by atoms with Gasteiger partial charge < -0.3 is 5.73 Å². The summed E-state index contributed by atoms with van der Waals surface area (Å²) in [6.45, 7) is 0. The zero-order valence-corrected chi connectivity index (χ0v) is 7.73. The molecule has 90 valence electrons. The van der Waals surface area contributed by atoms with E-state index in [9.17, 15) is 26.3 Å². The maximum atomic E-state index is 12.8. The summed E-state index contributed by atoms with van der Waals surface area (Å²) in [5.74, 6) is -1.26. The molecule has 7 heteroatoms. The van der Waals surface area contributed by atoms with Crippen molar-refractivity contribution < 1.29 is 26.3 Å². The molecule has 0 bridgehead atoms. The molecular weight excluding hydrogens is 236 g/mol. The molecule has 0 radical (unpaired) electrons. The summed E-state index contributed by atoms with van der Waals surface area (Å²) in [7, 11) is 0. The number of benzene rings is 1. The van der Waals surface area contributed by atoms with Gasteiger partial charge in [-0.2, -0.15) is 13.2 Å². The third-order valence-corrected chi connectivity index (χ3v) is 1.97. The van der Waals surface area contributed by atoms with Crippen LogP contribution in [0.15, 0.2) is 18.2 Å². The van der Waals surface area contributed by atoms with Crippen LogP contribution in [0.5, 0.6) is 0 Å². The van der Waals surface area contributed by atoms with Crippen LogP contribution >= 0.6 is 0 Å². The highest BCUT2D eigenvalue weighted by Crippen LogP contribution is 2.32. The van der Waals surface area contributed by atoms with Crippen LogP contribution in [0.3, 0.4) is 0 Å². The minimum Gasteiger partial charge on any atom is -0.316 e. The van der Waals surface area contributed by atoms with Crippen LogP contribution in [0.25, 0.3) is 0 Å². The van der Waals surface area contributed by atoms with Crippen LogP contribution in [0.4, 0.5) is 26.3 Å². The zero-order valence-electron chi connectivity index (χ0n) is 7.73. The van der Waals surface area contributed by atoms with E-state index in [4.69, 9.17) is 5.73 Å². The highest BCUT2D eigenvalue weighted by atomic mass is 19.4. The predicted octanol–water partition coefficient (Wildman–Crippen LogP) is 3.33. The first kappa shape index (κ1) is 12.8. The van der Waals surface area contributed by atoms with E-state index in [0.717, 1.165) is 6.07 Å². The van der Waals surface area contributed by atoms with Crippen LogP contribution in [-0.2, 0) is 0 Å². The summed E-state index contributed by atoms with van der Waals surface area (Å²) < 4.78 is 73.7. The van der Waals surface area contributed by atoms with Crippen molar-refractivity contribution in [2.45, 2.75) is 18.6 Å². The Morgan fingerprint density at radius 1 is 1.12 bits per heavy atom. The van der Waals surface area contributed by atoms with E-state index in [-0.39, 0.29) is 0 Å². The SMILES string of the molecule is N[C@@H](c1ccc(F)c(C(F)F)c1)C(F)(F)F. The van der Waals surface area contributed by atoms with Gasteiger partial charge in [-0.1, -0.05) is 6.07 Å². The first-order valence-corrected chi connectivity index (χ1v) is 4.13. The van der Waals surface area contributed by atoms with Crippen molar-refractivity contribution in [1.29, 1.82) is 0 Å². The first-order valence-electron chi connectivity index (χ1n) is 4.13. The van der Waals surface area contributed by atoms with Gasteiger partial charge in [0.2, 0.25) is 0 Å². The second kappa shape index (κ2) is 4.32. The number of hydrogen-bond donors (Lipinski definition) is 1. The van der Waals surface area contributed by atoms with Gasteiger partial charge in [-0.05, 0) is 17.7 Å². The van der Waals surface area contributed by atoms with Crippen molar-refractivity contribution in [3.8, 4) is 0 Å². The van der Waals surface area contributed by atoms with Crippen LogP contribution < -0.4 is 5.73 Å². The quantitative estimate of drug-likeness (QED) is 0.792. The molecule has 1 rings (SSSR count). The standard InChI is InChI=1S/C9H7F6N/c10-6-2-1-4(3-5(6)8(11)12)7(16)9(13,14)15/h1-3,7-8H,16H2/t7-/m0/s1. The molecule has 0 amide bonds. The number of rotatable bonds is 2. The Hall–Kier alpha value is -1.24. The van der Waals surface area contributed by atoms with E-state index in [1.807, 2.05) is 0 Å². The molecule has 0 unspecified atom stereocenters. The number of nitrogens with two attached hydrogens (primary N) is 1. The average Bonchev–Trinajstić information content (AvgIpc) is 2.15. The Bertz CT molecular complexity index is 373. The molecule has 1 aromatic carbocycles. The Kier molecular flexibility index (Phi) is 3.47. The summed E-state index contributed by atoms with van der Waals surface area (Å²) in [5, 5.41) is 0. The second-order valence-electron chi connectivity index (χ2n) is 3.10. The molecule has 0 heterocycles. The molecule has 0 saturated heterocycles. The van der Waals surface area contributed by atoms with E-state index >= 15 is 0 Å². The highest BCUT2D eigenvalue weighted by Gasteiger charge is 2.38. The lowest BCUT2D eigenvalue weighted by molar-refractivity contribution is -0.149. The van der Waals surface area contributed by atoms with Gasteiger partial charge in [-0.25, -0.2) is 13.2 Å². The first-order chi connectivity index (χ1) is 7.23. The Morgan fingerprint density at radius 3 is 2.12 bits per heavy atom. The lowest BCUT2D eigenvalue weighted by Crippen LogP contribution is -2.28. The summed E-state index contributed by atoms with van der Waals surface area (Å²) in [6, 6.07) is -0.689. The zero-order chi connectivity index (χ0) is 12.5. The smallest absolute Gasteiger partial charge is 0.316 e. The van der Waals surface area contributed by atoms with Gasteiger partial charge in [0, 0.05) is 0 Å². The van der Waals surface area contributed by atoms with E-state index in [0.29, 0.717) is 12.1 Å². The van der Waals surface area contributed by atoms with Crippen molar-refractivity contribution in [3.05, 3.63) is 35.1 Å². The Morgan fingerprint density at radius 2 is 1.69 bits per heavy atom. The van der Waals surface area contributed by atoms with E-state index in [1.165, 1.54) is 0 Å². The van der Waals surface area contributed by atoms with Crippen LogP contribution in [-0.4, -0.2) is 6.18 Å². The largest absolute Gasteiger partial charge is 0.407 e. The number of halogens is 6. The summed E-state index contributed by atoms with van der Waals surface area (Å²) in [6.07, 6.45) is -7.93. The molecule has 0 aliphatic heterocycles. The number of alkyl halides is 5. The van der Waals surface area contributed by atoms with Crippen molar-refractivity contribution in [2.75, 3.05) is 0 Å². The van der Waals surface area contributed by atoms with Gasteiger partial charge in [0.25, 0.3) is 6.43 Å². The van der Waals surface area contributed by atoms with Crippen molar-refractivity contribution in [1.82, 2.24) is 0 Å². The van der Waals surface area contributed by atoms with E-state index in [2.05, 4.69) is 0 Å². The lowest BCUT2D eigenvalue weighted by Gasteiger charge is -2.16. The Balaban J connectivity index is 3.13. The minimum atomic E-state index is -4.75. The third-order valence-electron chi connectivity index (χ3n) is 1.97. The fourth-order valence-corrected chi connectivity index (χ4v) is 1.11. The molecule has 0 spiro atoms. The van der Waals surface area contributed by atoms with Gasteiger partial charge in [-0.3, -0.25) is 0 Å². The summed E-state index contributed by atoms with van der Waals surface area (Å²) in [5.41, 5.74) is 3.12. The molecule has 1 nitrogen and oxygen atoms in total. The van der Waals surface area contributed by atoms with Crippen LogP contribution in [0, 0.1) is 5.82 Å². The molecule has 0 saturated carbocycles. The van der Waals surface area contributed by atoms with Gasteiger partial charge in [0.1, 0.15) is 11.9 Å². The highest BCUT2D eigenvalue weighted by molar-refractivity contribution is 5.28.